The number of halogens is 2. The minimum absolute atomic E-state index is 0.144. The number of benzene rings is 1. The first-order chi connectivity index (χ1) is 11.2. The molecule has 1 saturated heterocycles. The molecule has 0 amide bonds. The maximum Gasteiger partial charge on any atom is 0.193 e. The normalized spacial score (nSPS) is 24.7. The summed E-state index contributed by atoms with van der Waals surface area (Å²) < 4.78 is 27.3. The average molecular weight is 321 g/mol. The van der Waals surface area contributed by atoms with Crippen molar-refractivity contribution in [3.63, 3.8) is 0 Å². The van der Waals surface area contributed by atoms with Crippen molar-refractivity contribution in [2.75, 3.05) is 26.7 Å². The van der Waals surface area contributed by atoms with Gasteiger partial charge in [-0.1, -0.05) is 18.9 Å². The van der Waals surface area contributed by atoms with Gasteiger partial charge in [0.15, 0.2) is 5.96 Å². The molecule has 3 rings (SSSR count). The van der Waals surface area contributed by atoms with Crippen molar-refractivity contribution in [1.29, 1.82) is 0 Å². The van der Waals surface area contributed by atoms with E-state index in [1.807, 2.05) is 0 Å². The monoisotopic (exact) mass is 321 g/mol. The summed E-state index contributed by atoms with van der Waals surface area (Å²) in [6.45, 7) is 2.59. The Morgan fingerprint density at radius 1 is 1.17 bits per heavy atom. The van der Waals surface area contributed by atoms with Crippen molar-refractivity contribution in [3.05, 3.63) is 35.4 Å². The Balaban J connectivity index is 1.54. The highest BCUT2D eigenvalue weighted by atomic mass is 19.1. The molecule has 1 saturated carbocycles. The Morgan fingerprint density at radius 2 is 1.78 bits per heavy atom. The van der Waals surface area contributed by atoms with Crippen LogP contribution in [-0.2, 0) is 6.42 Å². The van der Waals surface area contributed by atoms with Gasteiger partial charge in [0, 0.05) is 32.2 Å². The van der Waals surface area contributed by atoms with Gasteiger partial charge < -0.3 is 10.2 Å². The molecule has 2 atom stereocenters. The summed E-state index contributed by atoms with van der Waals surface area (Å²) in [5.41, 5.74) is 0.144. The van der Waals surface area contributed by atoms with Crippen LogP contribution < -0.4 is 5.32 Å². The molecule has 0 radical (unpaired) electrons. The number of nitrogens with zero attached hydrogens (tertiary/aromatic N) is 2. The van der Waals surface area contributed by atoms with Crippen molar-refractivity contribution in [2.45, 2.75) is 32.1 Å². The molecule has 1 aromatic rings. The molecule has 126 valence electrons. The number of guanidine groups is 1. The zero-order valence-corrected chi connectivity index (χ0v) is 13.7. The Bertz CT molecular complexity index is 539. The topological polar surface area (TPSA) is 27.6 Å². The molecule has 1 heterocycles. The van der Waals surface area contributed by atoms with Crippen molar-refractivity contribution < 1.29 is 8.78 Å². The summed E-state index contributed by atoms with van der Waals surface area (Å²) in [6, 6.07) is 4.00. The second-order valence-electron chi connectivity index (χ2n) is 6.63. The highest BCUT2D eigenvalue weighted by Gasteiger charge is 2.35. The van der Waals surface area contributed by atoms with E-state index in [0.717, 1.165) is 30.9 Å². The molecular weight excluding hydrogens is 296 g/mol. The van der Waals surface area contributed by atoms with E-state index < -0.39 is 11.6 Å². The van der Waals surface area contributed by atoms with Crippen LogP contribution in [0.15, 0.2) is 23.2 Å². The summed E-state index contributed by atoms with van der Waals surface area (Å²) in [6.07, 6.45) is 5.64. The van der Waals surface area contributed by atoms with Crippen LogP contribution in [0.4, 0.5) is 8.78 Å². The quantitative estimate of drug-likeness (QED) is 0.684. The number of nitrogens with one attached hydrogen (secondary N) is 1. The number of hydrogen-bond donors (Lipinski definition) is 1. The third-order valence-electron chi connectivity index (χ3n) is 5.21. The van der Waals surface area contributed by atoms with Crippen molar-refractivity contribution in [3.8, 4) is 0 Å². The van der Waals surface area contributed by atoms with Crippen LogP contribution in [0.5, 0.6) is 0 Å². The van der Waals surface area contributed by atoms with E-state index in [-0.39, 0.29) is 5.56 Å². The molecule has 1 N–H and O–H groups in total. The molecule has 1 aliphatic heterocycles. The number of hydrogen-bond acceptors (Lipinski definition) is 1. The van der Waals surface area contributed by atoms with Gasteiger partial charge in [-0.25, -0.2) is 8.78 Å². The molecule has 1 aliphatic carbocycles. The Morgan fingerprint density at radius 3 is 2.35 bits per heavy atom. The molecule has 2 aliphatic rings. The Labute approximate surface area is 136 Å². The van der Waals surface area contributed by atoms with Gasteiger partial charge in [-0.2, -0.15) is 0 Å². The smallest absolute Gasteiger partial charge is 0.193 e. The van der Waals surface area contributed by atoms with Crippen LogP contribution in [-0.4, -0.2) is 37.5 Å². The fourth-order valence-electron chi connectivity index (χ4n) is 3.98. The van der Waals surface area contributed by atoms with Gasteiger partial charge >= 0.3 is 0 Å². The van der Waals surface area contributed by atoms with Gasteiger partial charge in [-0.15, -0.1) is 0 Å². The predicted octanol–water partition coefficient (Wildman–Crippen LogP) is 3.20. The maximum absolute atomic E-state index is 13.7. The van der Waals surface area contributed by atoms with Crippen molar-refractivity contribution in [2.24, 2.45) is 16.8 Å². The minimum Gasteiger partial charge on any atom is -0.356 e. The van der Waals surface area contributed by atoms with E-state index in [1.54, 1.807) is 7.05 Å². The first kappa shape index (κ1) is 16.2. The molecule has 3 nitrogen and oxygen atoms in total. The summed E-state index contributed by atoms with van der Waals surface area (Å²) >= 11 is 0. The lowest BCUT2D eigenvalue weighted by molar-refractivity contribution is 0.299. The molecule has 0 bridgehead atoms. The van der Waals surface area contributed by atoms with Crippen molar-refractivity contribution in [1.82, 2.24) is 10.2 Å². The van der Waals surface area contributed by atoms with Crippen LogP contribution in [0.2, 0.25) is 0 Å². The lowest BCUT2D eigenvalue weighted by Gasteiger charge is -2.22. The third kappa shape index (κ3) is 3.65. The second kappa shape index (κ2) is 7.28. The number of rotatable bonds is 3. The van der Waals surface area contributed by atoms with E-state index in [0.29, 0.717) is 13.0 Å². The number of likely N-dealkylation sites (tertiary alicyclic amines) is 1. The molecule has 1 aromatic carbocycles. The molecule has 0 aromatic heterocycles. The fraction of sp³-hybridized carbons (Fsp3) is 0.611. The van der Waals surface area contributed by atoms with Gasteiger partial charge in [-0.05, 0) is 43.2 Å². The summed E-state index contributed by atoms with van der Waals surface area (Å²) in [7, 11) is 1.77. The lowest BCUT2D eigenvalue weighted by atomic mass is 9.82. The largest absolute Gasteiger partial charge is 0.356 e. The highest BCUT2D eigenvalue weighted by Crippen LogP contribution is 2.35. The summed E-state index contributed by atoms with van der Waals surface area (Å²) in [5, 5.41) is 3.27. The predicted molar refractivity (Wildman–Crippen MR) is 88.4 cm³/mol. The average Bonchev–Trinajstić information content (AvgIpc) is 2.97. The van der Waals surface area contributed by atoms with Crippen LogP contribution in [0.25, 0.3) is 0 Å². The fourth-order valence-corrected chi connectivity index (χ4v) is 3.98. The van der Waals surface area contributed by atoms with Crippen LogP contribution in [0.3, 0.4) is 0 Å². The van der Waals surface area contributed by atoms with E-state index in [4.69, 9.17) is 0 Å². The first-order valence-electron chi connectivity index (χ1n) is 8.57. The van der Waals surface area contributed by atoms with Crippen molar-refractivity contribution >= 4 is 5.96 Å². The molecule has 2 unspecified atom stereocenters. The van der Waals surface area contributed by atoms with E-state index in [1.165, 1.54) is 43.9 Å². The SMILES string of the molecule is CN=C(NCCc1c(F)cccc1F)N1CC2CCCCC2C1. The van der Waals surface area contributed by atoms with Crippen LogP contribution >= 0.6 is 0 Å². The van der Waals surface area contributed by atoms with Gasteiger partial charge in [0.05, 0.1) is 0 Å². The molecule has 5 heteroatoms. The van der Waals surface area contributed by atoms with Gasteiger partial charge in [-0.3, -0.25) is 4.99 Å². The van der Waals surface area contributed by atoms with E-state index >= 15 is 0 Å². The standard InChI is InChI=1S/C18H25F2N3/c1-21-18(23-11-13-5-2-3-6-14(13)12-23)22-10-9-15-16(19)7-4-8-17(15)20/h4,7-8,13-14H,2-3,5-6,9-12H2,1H3,(H,21,22). The third-order valence-corrected chi connectivity index (χ3v) is 5.21. The zero-order valence-electron chi connectivity index (χ0n) is 13.7. The van der Waals surface area contributed by atoms with Crippen LogP contribution in [0.1, 0.15) is 31.2 Å². The highest BCUT2D eigenvalue weighted by molar-refractivity contribution is 5.80. The van der Waals surface area contributed by atoms with Gasteiger partial charge in [0.25, 0.3) is 0 Å². The second-order valence-corrected chi connectivity index (χ2v) is 6.63. The van der Waals surface area contributed by atoms with Crippen LogP contribution in [0, 0.1) is 23.5 Å². The Kier molecular flexibility index (Phi) is 5.13. The number of fused-ring (bicyclic) bond motifs is 1. The first-order valence-corrected chi connectivity index (χ1v) is 8.57. The van der Waals surface area contributed by atoms with Gasteiger partial charge in [0.2, 0.25) is 0 Å². The zero-order chi connectivity index (χ0) is 16.2. The molecule has 23 heavy (non-hydrogen) atoms. The Hall–Kier alpha value is -1.65. The van der Waals surface area contributed by atoms with E-state index in [2.05, 4.69) is 15.2 Å². The maximum atomic E-state index is 13.7. The van der Waals surface area contributed by atoms with E-state index in [9.17, 15) is 8.78 Å². The lowest BCUT2D eigenvalue weighted by Crippen LogP contribution is -2.41. The van der Waals surface area contributed by atoms with Gasteiger partial charge in [0.1, 0.15) is 11.6 Å². The molecule has 2 fully saturated rings. The summed E-state index contributed by atoms with van der Waals surface area (Å²) in [5.74, 6) is 1.47. The molecular formula is C18H25F2N3. The minimum atomic E-state index is -0.478. The number of aliphatic imine (C=N–C) groups is 1. The molecule has 0 spiro atoms. The summed E-state index contributed by atoms with van der Waals surface area (Å²) in [4.78, 5) is 6.65.